The predicted octanol–water partition coefficient (Wildman–Crippen LogP) is 2.80. The lowest BCUT2D eigenvalue weighted by Crippen LogP contribution is -2.36. The number of amides is 2. The van der Waals surface area contributed by atoms with Gasteiger partial charge in [-0.1, -0.05) is 12.1 Å². The van der Waals surface area contributed by atoms with Crippen molar-refractivity contribution in [1.29, 1.82) is 0 Å². The van der Waals surface area contributed by atoms with E-state index in [1.807, 2.05) is 44.8 Å². The molecule has 0 spiro atoms. The largest absolute Gasteiger partial charge is 0.336 e. The number of carbonyl (C=O) groups excluding carboxylic acids is 2. The van der Waals surface area contributed by atoms with E-state index in [-0.39, 0.29) is 11.8 Å². The van der Waals surface area contributed by atoms with Crippen LogP contribution in [-0.4, -0.2) is 47.8 Å². The van der Waals surface area contributed by atoms with Crippen LogP contribution in [0.15, 0.2) is 35.0 Å². The lowest BCUT2D eigenvalue weighted by molar-refractivity contribution is 0.0723. The summed E-state index contributed by atoms with van der Waals surface area (Å²) in [5, 5.41) is 3.83. The van der Waals surface area contributed by atoms with Crippen LogP contribution in [0.2, 0.25) is 0 Å². The molecule has 0 N–H and O–H groups in total. The van der Waals surface area contributed by atoms with E-state index in [4.69, 9.17) is 0 Å². The highest BCUT2D eigenvalue weighted by Gasteiger charge is 2.24. The molecule has 0 atom stereocenters. The zero-order chi connectivity index (χ0) is 14.7. The first-order chi connectivity index (χ1) is 10.3. The van der Waals surface area contributed by atoms with Crippen molar-refractivity contribution in [3.8, 4) is 0 Å². The fourth-order valence-corrected chi connectivity index (χ4v) is 3.82. The summed E-state index contributed by atoms with van der Waals surface area (Å²) < 4.78 is 0. The number of thiophene rings is 2. The number of hydrogen-bond acceptors (Lipinski definition) is 4. The molecular formula is C15H16N2O2S2. The summed E-state index contributed by atoms with van der Waals surface area (Å²) in [7, 11) is 0. The normalized spacial score (nSPS) is 15.8. The van der Waals surface area contributed by atoms with Gasteiger partial charge in [0.25, 0.3) is 11.8 Å². The Balaban J connectivity index is 1.64. The Morgan fingerprint density at radius 3 is 1.67 bits per heavy atom. The molecule has 0 aliphatic carbocycles. The minimum Gasteiger partial charge on any atom is -0.336 e. The molecule has 2 aromatic heterocycles. The van der Waals surface area contributed by atoms with Crippen LogP contribution >= 0.6 is 22.7 Å². The van der Waals surface area contributed by atoms with Gasteiger partial charge in [-0.3, -0.25) is 9.59 Å². The van der Waals surface area contributed by atoms with E-state index in [1.54, 1.807) is 0 Å². The van der Waals surface area contributed by atoms with Gasteiger partial charge in [0, 0.05) is 26.2 Å². The maximum absolute atomic E-state index is 12.4. The molecule has 2 amide bonds. The van der Waals surface area contributed by atoms with Crippen molar-refractivity contribution < 1.29 is 9.59 Å². The number of rotatable bonds is 2. The molecule has 21 heavy (non-hydrogen) atoms. The fourth-order valence-electron chi connectivity index (χ4n) is 2.44. The highest BCUT2D eigenvalue weighted by Crippen LogP contribution is 2.16. The van der Waals surface area contributed by atoms with Crippen molar-refractivity contribution in [3.63, 3.8) is 0 Å². The van der Waals surface area contributed by atoms with Crippen LogP contribution in [0.1, 0.15) is 25.8 Å². The molecule has 1 fully saturated rings. The smallest absolute Gasteiger partial charge is 0.263 e. The van der Waals surface area contributed by atoms with Crippen molar-refractivity contribution >= 4 is 34.5 Å². The number of carbonyl (C=O) groups is 2. The second-order valence-corrected chi connectivity index (χ2v) is 6.79. The molecule has 1 aliphatic rings. The molecule has 0 unspecified atom stereocenters. The topological polar surface area (TPSA) is 40.6 Å². The highest BCUT2D eigenvalue weighted by atomic mass is 32.1. The minimum absolute atomic E-state index is 0.0791. The van der Waals surface area contributed by atoms with E-state index >= 15 is 0 Å². The van der Waals surface area contributed by atoms with Gasteiger partial charge >= 0.3 is 0 Å². The maximum atomic E-state index is 12.4. The van der Waals surface area contributed by atoms with Crippen LogP contribution in [0.4, 0.5) is 0 Å². The van der Waals surface area contributed by atoms with Crippen LogP contribution in [0, 0.1) is 0 Å². The molecule has 0 aromatic carbocycles. The van der Waals surface area contributed by atoms with E-state index in [2.05, 4.69) is 0 Å². The molecular weight excluding hydrogens is 304 g/mol. The lowest BCUT2D eigenvalue weighted by atomic mass is 10.3. The highest BCUT2D eigenvalue weighted by molar-refractivity contribution is 7.12. The van der Waals surface area contributed by atoms with E-state index in [0.29, 0.717) is 26.2 Å². The van der Waals surface area contributed by atoms with Gasteiger partial charge in [0.15, 0.2) is 0 Å². The summed E-state index contributed by atoms with van der Waals surface area (Å²) in [5.41, 5.74) is 0. The van der Waals surface area contributed by atoms with E-state index in [0.717, 1.165) is 16.2 Å². The van der Waals surface area contributed by atoms with Crippen molar-refractivity contribution in [2.24, 2.45) is 0 Å². The average molecular weight is 320 g/mol. The van der Waals surface area contributed by atoms with Gasteiger partial charge in [-0.25, -0.2) is 0 Å². The van der Waals surface area contributed by atoms with Gasteiger partial charge < -0.3 is 9.80 Å². The predicted molar refractivity (Wildman–Crippen MR) is 85.1 cm³/mol. The molecule has 0 bridgehead atoms. The first kappa shape index (κ1) is 14.3. The number of hydrogen-bond donors (Lipinski definition) is 0. The van der Waals surface area contributed by atoms with Crippen LogP contribution < -0.4 is 0 Å². The average Bonchev–Trinajstić information content (AvgIpc) is 3.15. The standard InChI is InChI=1S/C15H16N2O2S2/c18-14(12-4-1-10-20-12)16-6-3-7-17(9-8-16)15(19)13-5-2-11-21-13/h1-2,4-5,10-11H,3,6-9H2. The summed E-state index contributed by atoms with van der Waals surface area (Å²) in [6.45, 7) is 2.64. The molecule has 2 aromatic rings. The lowest BCUT2D eigenvalue weighted by Gasteiger charge is -2.21. The third-order valence-electron chi connectivity index (χ3n) is 3.53. The molecule has 1 aliphatic heterocycles. The molecule has 4 nitrogen and oxygen atoms in total. The summed E-state index contributed by atoms with van der Waals surface area (Å²) in [4.78, 5) is 30.0. The fraction of sp³-hybridized carbons (Fsp3) is 0.333. The maximum Gasteiger partial charge on any atom is 0.263 e. The van der Waals surface area contributed by atoms with Crippen molar-refractivity contribution in [1.82, 2.24) is 9.80 Å². The first-order valence-corrected chi connectivity index (χ1v) is 8.67. The summed E-state index contributed by atoms with van der Waals surface area (Å²) in [6.07, 6.45) is 0.828. The Morgan fingerprint density at radius 1 is 0.810 bits per heavy atom. The number of nitrogens with zero attached hydrogens (tertiary/aromatic N) is 2. The van der Waals surface area contributed by atoms with Crippen LogP contribution in [0.3, 0.4) is 0 Å². The van der Waals surface area contributed by atoms with E-state index in [1.165, 1.54) is 22.7 Å². The third-order valence-corrected chi connectivity index (χ3v) is 5.25. The van der Waals surface area contributed by atoms with Crippen LogP contribution in [0.25, 0.3) is 0 Å². The molecule has 1 saturated heterocycles. The van der Waals surface area contributed by atoms with Gasteiger partial charge in [0.1, 0.15) is 0 Å². The molecule has 0 radical (unpaired) electrons. The zero-order valence-electron chi connectivity index (χ0n) is 11.5. The molecule has 3 heterocycles. The quantitative estimate of drug-likeness (QED) is 0.854. The summed E-state index contributed by atoms with van der Waals surface area (Å²) in [5.74, 6) is 0.158. The Kier molecular flexibility index (Phi) is 4.36. The Bertz CT molecular complexity index is 553. The third kappa shape index (κ3) is 3.16. The van der Waals surface area contributed by atoms with Crippen LogP contribution in [-0.2, 0) is 0 Å². The summed E-state index contributed by atoms with van der Waals surface area (Å²) >= 11 is 2.93. The van der Waals surface area contributed by atoms with Gasteiger partial charge in [-0.05, 0) is 29.3 Å². The van der Waals surface area contributed by atoms with Gasteiger partial charge in [-0.15, -0.1) is 22.7 Å². The Labute approximate surface area is 131 Å². The Hall–Kier alpha value is -1.66. The monoisotopic (exact) mass is 320 g/mol. The second-order valence-electron chi connectivity index (χ2n) is 4.89. The summed E-state index contributed by atoms with van der Waals surface area (Å²) in [6, 6.07) is 7.49. The second kappa shape index (κ2) is 6.41. The SMILES string of the molecule is O=C(c1cccs1)N1CCCN(C(=O)c2cccs2)CC1. The van der Waals surface area contributed by atoms with Gasteiger partial charge in [-0.2, -0.15) is 0 Å². The molecule has 6 heteroatoms. The Morgan fingerprint density at radius 2 is 1.29 bits per heavy atom. The van der Waals surface area contributed by atoms with E-state index < -0.39 is 0 Å². The van der Waals surface area contributed by atoms with Gasteiger partial charge in [0.2, 0.25) is 0 Å². The van der Waals surface area contributed by atoms with Crippen molar-refractivity contribution in [3.05, 3.63) is 44.8 Å². The zero-order valence-corrected chi connectivity index (χ0v) is 13.2. The first-order valence-electron chi connectivity index (χ1n) is 6.91. The van der Waals surface area contributed by atoms with E-state index in [9.17, 15) is 9.59 Å². The van der Waals surface area contributed by atoms with Crippen LogP contribution in [0.5, 0.6) is 0 Å². The van der Waals surface area contributed by atoms with Crippen molar-refractivity contribution in [2.45, 2.75) is 6.42 Å². The molecule has 3 rings (SSSR count). The molecule has 0 saturated carbocycles. The van der Waals surface area contributed by atoms with Crippen molar-refractivity contribution in [2.75, 3.05) is 26.2 Å². The minimum atomic E-state index is 0.0791. The van der Waals surface area contributed by atoms with Gasteiger partial charge in [0.05, 0.1) is 9.75 Å². The molecule has 110 valence electrons.